The monoisotopic (exact) mass is 1480 g/mol. The van der Waals surface area contributed by atoms with Crippen molar-refractivity contribution in [3.8, 4) is 0 Å². The molecule has 600 valence electrons. The lowest BCUT2D eigenvalue weighted by Gasteiger charge is -2.21. The molecule has 0 heterocycles. The van der Waals surface area contributed by atoms with E-state index in [9.17, 15) is 43.2 Å². The summed E-state index contributed by atoms with van der Waals surface area (Å²) in [5, 5.41) is 10.6. The summed E-state index contributed by atoms with van der Waals surface area (Å²) in [5.74, 6) is -0.558. The summed E-state index contributed by atoms with van der Waals surface area (Å²) < 4.78 is 68.7. The molecular weight excluding hydrogens is 1320 g/mol. The molecule has 0 aromatic rings. The van der Waals surface area contributed by atoms with Crippen LogP contribution < -0.4 is 0 Å². The van der Waals surface area contributed by atoms with Gasteiger partial charge in [-0.25, -0.2) is 9.13 Å². The minimum Gasteiger partial charge on any atom is -0.462 e. The Morgan fingerprint density at radius 1 is 0.287 bits per heavy atom. The van der Waals surface area contributed by atoms with Crippen LogP contribution >= 0.6 is 15.6 Å². The Morgan fingerprint density at radius 3 is 0.752 bits per heavy atom. The van der Waals surface area contributed by atoms with Gasteiger partial charge in [0.1, 0.15) is 19.3 Å². The maximum atomic E-state index is 13.1. The fraction of sp³-hybridized carbons (Fsp3) is 0.951. The van der Waals surface area contributed by atoms with E-state index in [-0.39, 0.29) is 25.7 Å². The standard InChI is InChI=1S/C82H160O17P2/c1-7-10-12-14-16-18-20-22-23-26-30-34-37-41-45-52-58-64-79(84)92-70-77(98-81(86)67-61-55-47-43-39-35-31-28-25-24-27-29-33-36-40-44-51-57-63-75(6)9-3)72-96-100(88,89)94-68-76(83)69-95-101(90,91)97-73-78(71-93-80(85)65-59-53-49-48-50-56-62-74(4)5)99-82(87)66-60-54-46-42-38-32-21-19-17-15-13-11-8-2/h74-78,83H,7-73H2,1-6H3,(H,88,89)(H,90,91)/t75?,76-,77-,78-/m1/s1. The largest absolute Gasteiger partial charge is 0.472 e. The number of phosphoric acid groups is 2. The molecule has 0 amide bonds. The minimum atomic E-state index is -4.96. The molecule has 0 bridgehead atoms. The Bertz CT molecular complexity index is 1940. The summed E-state index contributed by atoms with van der Waals surface area (Å²) in [4.78, 5) is 73.0. The van der Waals surface area contributed by atoms with Crippen molar-refractivity contribution in [1.82, 2.24) is 0 Å². The van der Waals surface area contributed by atoms with Gasteiger partial charge in [0, 0.05) is 25.7 Å². The van der Waals surface area contributed by atoms with Crippen molar-refractivity contribution in [2.75, 3.05) is 39.6 Å². The minimum absolute atomic E-state index is 0.107. The van der Waals surface area contributed by atoms with Crippen LogP contribution in [0.4, 0.5) is 0 Å². The second-order valence-corrected chi connectivity index (χ2v) is 33.1. The van der Waals surface area contributed by atoms with Crippen LogP contribution in [0.1, 0.15) is 433 Å². The van der Waals surface area contributed by atoms with Gasteiger partial charge in [-0.3, -0.25) is 37.3 Å². The molecule has 0 aliphatic heterocycles. The Balaban J connectivity index is 5.20. The Labute approximate surface area is 619 Å². The number of esters is 4. The van der Waals surface area contributed by atoms with Gasteiger partial charge >= 0.3 is 39.5 Å². The smallest absolute Gasteiger partial charge is 0.462 e. The number of aliphatic hydroxyl groups is 1. The van der Waals surface area contributed by atoms with E-state index in [0.717, 1.165) is 102 Å². The number of carbonyl (C=O) groups excluding carboxylic acids is 4. The van der Waals surface area contributed by atoms with Crippen LogP contribution in [0.2, 0.25) is 0 Å². The Morgan fingerprint density at radius 2 is 0.505 bits per heavy atom. The van der Waals surface area contributed by atoms with Crippen LogP contribution in [-0.2, 0) is 65.4 Å². The molecular formula is C82H160O17P2. The van der Waals surface area contributed by atoms with Gasteiger partial charge in [0.2, 0.25) is 0 Å². The van der Waals surface area contributed by atoms with Crippen LogP contribution in [0, 0.1) is 11.8 Å². The Kier molecular flexibility index (Phi) is 72.2. The first-order valence-corrected chi connectivity index (χ1v) is 45.5. The van der Waals surface area contributed by atoms with Gasteiger partial charge in [-0.2, -0.15) is 0 Å². The highest BCUT2D eigenvalue weighted by Crippen LogP contribution is 2.45. The van der Waals surface area contributed by atoms with E-state index in [0.29, 0.717) is 31.6 Å². The highest BCUT2D eigenvalue weighted by molar-refractivity contribution is 7.47. The third kappa shape index (κ3) is 74.7. The SMILES string of the molecule is CCCCCCCCCCCCCCCCCCCC(=O)OC[C@H](COP(=O)(O)OC[C@@H](O)COP(=O)(O)OC[C@@H](COC(=O)CCCCCCCCC(C)C)OC(=O)CCCCCCCCCCCCCCC)OC(=O)CCCCCCCCCCCCCCCCCCCCC(C)CC. The van der Waals surface area contributed by atoms with E-state index < -0.39 is 97.5 Å². The van der Waals surface area contributed by atoms with Gasteiger partial charge in [0.05, 0.1) is 26.4 Å². The normalized spacial score (nSPS) is 14.2. The number of hydrogen-bond donors (Lipinski definition) is 3. The van der Waals surface area contributed by atoms with E-state index in [4.69, 9.17) is 37.0 Å². The molecule has 3 unspecified atom stereocenters. The molecule has 0 spiro atoms. The first-order chi connectivity index (χ1) is 48.9. The zero-order valence-electron chi connectivity index (χ0n) is 66.2. The van der Waals surface area contributed by atoms with Crippen molar-refractivity contribution in [1.29, 1.82) is 0 Å². The van der Waals surface area contributed by atoms with Crippen LogP contribution in [0.3, 0.4) is 0 Å². The van der Waals surface area contributed by atoms with Crippen molar-refractivity contribution in [2.24, 2.45) is 11.8 Å². The summed E-state index contributed by atoms with van der Waals surface area (Å²) in [6, 6.07) is 0. The molecule has 0 radical (unpaired) electrons. The molecule has 0 saturated heterocycles. The quantitative estimate of drug-likeness (QED) is 0.0222. The van der Waals surface area contributed by atoms with Gasteiger partial charge in [-0.1, -0.05) is 382 Å². The summed E-state index contributed by atoms with van der Waals surface area (Å²) in [6.07, 6.45) is 64.0. The average molecular weight is 1480 g/mol. The van der Waals surface area contributed by atoms with Crippen LogP contribution in [-0.4, -0.2) is 96.7 Å². The maximum absolute atomic E-state index is 13.1. The molecule has 0 rings (SSSR count). The van der Waals surface area contributed by atoms with E-state index in [1.165, 1.54) is 244 Å². The van der Waals surface area contributed by atoms with Crippen molar-refractivity contribution >= 4 is 39.5 Å². The van der Waals surface area contributed by atoms with Crippen LogP contribution in [0.5, 0.6) is 0 Å². The molecule has 0 aliphatic rings. The van der Waals surface area contributed by atoms with Crippen molar-refractivity contribution in [3.05, 3.63) is 0 Å². The van der Waals surface area contributed by atoms with E-state index in [1.54, 1.807) is 0 Å². The first kappa shape index (κ1) is 99.1. The van der Waals surface area contributed by atoms with Crippen LogP contribution in [0.15, 0.2) is 0 Å². The molecule has 3 N–H and O–H groups in total. The van der Waals surface area contributed by atoms with Gasteiger partial charge < -0.3 is 33.8 Å². The number of hydrogen-bond acceptors (Lipinski definition) is 15. The number of unbranched alkanes of at least 4 members (excludes halogenated alkanes) is 50. The Hall–Kier alpha value is -1.94. The number of aliphatic hydroxyl groups excluding tert-OH is 1. The lowest BCUT2D eigenvalue weighted by molar-refractivity contribution is -0.161. The third-order valence-corrected chi connectivity index (χ3v) is 21.5. The first-order valence-electron chi connectivity index (χ1n) is 42.5. The predicted molar refractivity (Wildman–Crippen MR) is 414 cm³/mol. The summed E-state index contributed by atoms with van der Waals surface area (Å²) in [5.41, 5.74) is 0. The molecule has 0 aromatic heterocycles. The summed E-state index contributed by atoms with van der Waals surface area (Å²) >= 11 is 0. The van der Waals surface area contributed by atoms with Crippen molar-refractivity contribution in [3.63, 3.8) is 0 Å². The number of phosphoric ester groups is 2. The van der Waals surface area contributed by atoms with E-state index in [1.807, 2.05) is 0 Å². The second-order valence-electron chi connectivity index (χ2n) is 30.2. The second kappa shape index (κ2) is 73.6. The van der Waals surface area contributed by atoms with E-state index >= 15 is 0 Å². The zero-order chi connectivity index (χ0) is 74.2. The summed E-state index contributed by atoms with van der Waals surface area (Å²) in [6.45, 7) is 9.63. The molecule has 0 aromatic carbocycles. The van der Waals surface area contributed by atoms with Gasteiger partial charge in [0.15, 0.2) is 12.2 Å². The summed E-state index contributed by atoms with van der Waals surface area (Å²) in [7, 11) is -9.92. The van der Waals surface area contributed by atoms with Crippen LogP contribution in [0.25, 0.3) is 0 Å². The molecule has 0 saturated carbocycles. The number of rotatable bonds is 81. The molecule has 101 heavy (non-hydrogen) atoms. The van der Waals surface area contributed by atoms with Gasteiger partial charge in [-0.15, -0.1) is 0 Å². The maximum Gasteiger partial charge on any atom is 0.472 e. The predicted octanol–water partition coefficient (Wildman–Crippen LogP) is 24.7. The van der Waals surface area contributed by atoms with Crippen molar-refractivity contribution in [2.45, 2.75) is 452 Å². The van der Waals surface area contributed by atoms with Crippen molar-refractivity contribution < 1.29 is 80.2 Å². The molecule has 6 atom stereocenters. The fourth-order valence-corrected chi connectivity index (χ4v) is 14.3. The lowest BCUT2D eigenvalue weighted by Crippen LogP contribution is -2.30. The molecule has 17 nitrogen and oxygen atoms in total. The lowest BCUT2D eigenvalue weighted by atomic mass is 9.99. The average Bonchev–Trinajstić information content (AvgIpc) is 0.930. The van der Waals surface area contributed by atoms with E-state index in [2.05, 4.69) is 41.5 Å². The van der Waals surface area contributed by atoms with Gasteiger partial charge in [-0.05, 0) is 37.5 Å². The highest BCUT2D eigenvalue weighted by Gasteiger charge is 2.30. The molecule has 0 aliphatic carbocycles. The topological polar surface area (TPSA) is 237 Å². The number of carbonyl (C=O) groups is 4. The highest BCUT2D eigenvalue weighted by atomic mass is 31.2. The third-order valence-electron chi connectivity index (χ3n) is 19.6. The molecule has 19 heteroatoms. The zero-order valence-corrected chi connectivity index (χ0v) is 68.0. The fourth-order valence-electron chi connectivity index (χ4n) is 12.7. The van der Waals surface area contributed by atoms with Gasteiger partial charge in [0.25, 0.3) is 0 Å². The number of ether oxygens (including phenoxy) is 4. The molecule has 0 fully saturated rings.